The lowest BCUT2D eigenvalue weighted by molar-refractivity contribution is 0.482. The summed E-state index contributed by atoms with van der Waals surface area (Å²) in [5, 5.41) is 12.3. The molecule has 0 atom stereocenters. The van der Waals surface area contributed by atoms with E-state index in [1.165, 1.54) is 12.1 Å². The molecule has 4 rings (SSSR count). The molecule has 10 nitrogen and oxygen atoms in total. The summed E-state index contributed by atoms with van der Waals surface area (Å²) in [6, 6.07) is 15.9. The molecule has 0 radical (unpaired) electrons. The number of rotatable bonds is 7. The standard InChI is InChI=1S/C26H26N4O6S2/c1-15-10-25(17(3)9-23(15)27)30-29-24-7-4-18(8-16(24)2)14-28-20-6-5-19-11-21(37(31,32)33)13-26(22(19)12-20)38(34,35)36/h4-13,28H,14,27H2,1-3H3,(H,31,32,33)(H,34,35,36). The van der Waals surface area contributed by atoms with Gasteiger partial charge in [-0.15, -0.1) is 0 Å². The normalized spacial score (nSPS) is 12.3. The lowest BCUT2D eigenvalue weighted by atomic mass is 10.1. The Kier molecular flexibility index (Phi) is 7.26. The van der Waals surface area contributed by atoms with Gasteiger partial charge in [0.2, 0.25) is 0 Å². The van der Waals surface area contributed by atoms with Gasteiger partial charge in [0.15, 0.2) is 0 Å². The van der Waals surface area contributed by atoms with Crippen molar-refractivity contribution in [2.75, 3.05) is 11.1 Å². The van der Waals surface area contributed by atoms with Gasteiger partial charge in [-0.25, -0.2) is 0 Å². The number of nitrogen functional groups attached to an aromatic ring is 1. The number of nitrogens with two attached hydrogens (primary N) is 1. The Morgan fingerprint density at radius 2 is 1.45 bits per heavy atom. The highest BCUT2D eigenvalue weighted by molar-refractivity contribution is 7.86. The van der Waals surface area contributed by atoms with Crippen LogP contribution in [-0.2, 0) is 26.8 Å². The van der Waals surface area contributed by atoms with Gasteiger partial charge in [-0.2, -0.15) is 27.1 Å². The molecule has 0 spiro atoms. The molecule has 0 saturated carbocycles. The summed E-state index contributed by atoms with van der Waals surface area (Å²) in [4.78, 5) is -1.25. The maximum atomic E-state index is 11.9. The van der Waals surface area contributed by atoms with E-state index >= 15 is 0 Å². The third-order valence-electron chi connectivity index (χ3n) is 6.07. The van der Waals surface area contributed by atoms with Gasteiger partial charge in [-0.05, 0) is 90.9 Å². The smallest absolute Gasteiger partial charge is 0.295 e. The van der Waals surface area contributed by atoms with Gasteiger partial charge in [0.1, 0.15) is 4.90 Å². The molecule has 0 amide bonds. The van der Waals surface area contributed by atoms with E-state index in [4.69, 9.17) is 5.73 Å². The fourth-order valence-electron chi connectivity index (χ4n) is 3.95. The Morgan fingerprint density at radius 1 is 0.763 bits per heavy atom. The molecular weight excluding hydrogens is 528 g/mol. The van der Waals surface area contributed by atoms with Crippen molar-refractivity contribution in [3.05, 3.63) is 82.9 Å². The molecule has 4 aromatic rings. The summed E-state index contributed by atoms with van der Waals surface area (Å²) in [5.41, 5.74) is 12.3. The van der Waals surface area contributed by atoms with Gasteiger partial charge in [0.05, 0.1) is 16.3 Å². The van der Waals surface area contributed by atoms with Crippen LogP contribution in [0.5, 0.6) is 0 Å². The highest BCUT2D eigenvalue weighted by Gasteiger charge is 2.20. The minimum atomic E-state index is -4.77. The average Bonchev–Trinajstić information content (AvgIpc) is 2.83. The first-order valence-electron chi connectivity index (χ1n) is 11.4. The highest BCUT2D eigenvalue weighted by atomic mass is 32.2. The van der Waals surface area contributed by atoms with Gasteiger partial charge in [0.25, 0.3) is 20.2 Å². The zero-order valence-electron chi connectivity index (χ0n) is 20.8. The average molecular weight is 555 g/mol. The Labute approximate surface area is 220 Å². The molecule has 4 aromatic carbocycles. The molecule has 0 aliphatic carbocycles. The summed E-state index contributed by atoms with van der Waals surface area (Å²) in [5.74, 6) is 0. The fraction of sp³-hybridized carbons (Fsp3) is 0.154. The number of fused-ring (bicyclic) bond motifs is 1. The van der Waals surface area contributed by atoms with E-state index in [0.717, 1.165) is 40.1 Å². The second-order valence-electron chi connectivity index (χ2n) is 8.98. The van der Waals surface area contributed by atoms with Gasteiger partial charge < -0.3 is 11.1 Å². The molecule has 0 aliphatic rings. The van der Waals surface area contributed by atoms with Crippen LogP contribution in [0.1, 0.15) is 22.3 Å². The van der Waals surface area contributed by atoms with E-state index in [1.807, 2.05) is 51.1 Å². The van der Waals surface area contributed by atoms with E-state index in [9.17, 15) is 25.9 Å². The molecule has 0 unspecified atom stereocenters. The van der Waals surface area contributed by atoms with Crippen LogP contribution < -0.4 is 11.1 Å². The van der Waals surface area contributed by atoms with Gasteiger partial charge in [-0.3, -0.25) is 9.11 Å². The van der Waals surface area contributed by atoms with E-state index in [-0.39, 0.29) is 10.8 Å². The van der Waals surface area contributed by atoms with Crippen molar-refractivity contribution in [2.24, 2.45) is 10.2 Å². The van der Waals surface area contributed by atoms with E-state index in [1.54, 1.807) is 6.07 Å². The maximum absolute atomic E-state index is 11.9. The second-order valence-corrected chi connectivity index (χ2v) is 11.8. The Hall–Kier alpha value is -3.84. The first-order valence-corrected chi connectivity index (χ1v) is 14.2. The minimum absolute atomic E-state index is 0.102. The zero-order valence-corrected chi connectivity index (χ0v) is 22.4. The SMILES string of the molecule is Cc1cc(N=Nc2ccc(CNc3ccc4cc(S(=O)(=O)O)cc(S(=O)(=O)O)c4c3)cc2C)c(C)cc1N. The molecule has 198 valence electrons. The fourth-order valence-corrected chi connectivity index (χ4v) is 5.30. The summed E-state index contributed by atoms with van der Waals surface area (Å²) in [6.07, 6.45) is 0. The van der Waals surface area contributed by atoms with Gasteiger partial charge in [0, 0.05) is 23.3 Å². The Bertz CT molecular complexity index is 1820. The summed E-state index contributed by atoms with van der Waals surface area (Å²) in [6.45, 7) is 6.14. The van der Waals surface area contributed by atoms with Crippen molar-refractivity contribution in [3.8, 4) is 0 Å². The molecule has 0 fully saturated rings. The van der Waals surface area contributed by atoms with Gasteiger partial charge >= 0.3 is 0 Å². The van der Waals surface area contributed by atoms with Crippen molar-refractivity contribution >= 4 is 53.8 Å². The predicted octanol–water partition coefficient (Wildman–Crippen LogP) is 5.87. The van der Waals surface area contributed by atoms with Crippen LogP contribution >= 0.6 is 0 Å². The Morgan fingerprint density at radius 3 is 2.11 bits per heavy atom. The number of hydrogen-bond donors (Lipinski definition) is 4. The molecule has 0 heterocycles. The van der Waals surface area contributed by atoms with E-state index < -0.39 is 30.0 Å². The van der Waals surface area contributed by atoms with Crippen LogP contribution in [0.25, 0.3) is 10.8 Å². The number of nitrogens with one attached hydrogen (secondary N) is 1. The summed E-state index contributed by atoms with van der Waals surface area (Å²) >= 11 is 0. The quantitative estimate of drug-likeness (QED) is 0.125. The van der Waals surface area contributed by atoms with Crippen LogP contribution in [0, 0.1) is 20.8 Å². The number of azo groups is 1. The third-order valence-corrected chi connectivity index (χ3v) is 7.80. The number of nitrogens with zero attached hydrogens (tertiary/aromatic N) is 2. The van der Waals surface area contributed by atoms with Crippen LogP contribution in [0.15, 0.2) is 80.7 Å². The molecule has 0 saturated heterocycles. The lowest BCUT2D eigenvalue weighted by Gasteiger charge is -2.12. The molecule has 38 heavy (non-hydrogen) atoms. The van der Waals surface area contributed by atoms with Gasteiger partial charge in [-0.1, -0.05) is 18.2 Å². The van der Waals surface area contributed by atoms with Crippen molar-refractivity contribution in [3.63, 3.8) is 0 Å². The van der Waals surface area contributed by atoms with Crippen molar-refractivity contribution in [1.29, 1.82) is 0 Å². The summed E-state index contributed by atoms with van der Waals surface area (Å²) in [7, 11) is -9.45. The highest BCUT2D eigenvalue weighted by Crippen LogP contribution is 2.31. The molecule has 5 N–H and O–H groups in total. The zero-order chi connectivity index (χ0) is 27.8. The number of hydrogen-bond acceptors (Lipinski definition) is 8. The minimum Gasteiger partial charge on any atom is -0.399 e. The number of benzene rings is 4. The molecule has 0 bridgehead atoms. The van der Waals surface area contributed by atoms with Crippen LogP contribution in [0.4, 0.5) is 22.7 Å². The maximum Gasteiger partial charge on any atom is 0.295 e. The largest absolute Gasteiger partial charge is 0.399 e. The van der Waals surface area contributed by atoms with Crippen molar-refractivity contribution < 1.29 is 25.9 Å². The van der Waals surface area contributed by atoms with Crippen molar-refractivity contribution in [1.82, 2.24) is 0 Å². The second kappa shape index (κ2) is 10.1. The Balaban J connectivity index is 1.56. The molecule has 12 heteroatoms. The number of aryl methyl sites for hydroxylation is 3. The van der Waals surface area contributed by atoms with Crippen LogP contribution in [-0.4, -0.2) is 25.9 Å². The lowest BCUT2D eigenvalue weighted by Crippen LogP contribution is -2.05. The summed E-state index contributed by atoms with van der Waals surface area (Å²) < 4.78 is 65.9. The van der Waals surface area contributed by atoms with E-state index in [2.05, 4.69) is 15.5 Å². The first kappa shape index (κ1) is 27.2. The number of anilines is 2. The topological polar surface area (TPSA) is 172 Å². The predicted molar refractivity (Wildman–Crippen MR) is 147 cm³/mol. The van der Waals surface area contributed by atoms with E-state index in [0.29, 0.717) is 23.6 Å². The molecule has 0 aliphatic heterocycles. The van der Waals surface area contributed by atoms with Crippen LogP contribution in [0.2, 0.25) is 0 Å². The molecular formula is C26H26N4O6S2. The monoisotopic (exact) mass is 554 g/mol. The van der Waals surface area contributed by atoms with Crippen molar-refractivity contribution in [2.45, 2.75) is 37.1 Å². The molecule has 0 aromatic heterocycles. The first-order chi connectivity index (χ1) is 17.7. The third kappa shape index (κ3) is 6.00. The van der Waals surface area contributed by atoms with Crippen LogP contribution in [0.3, 0.4) is 0 Å².